The maximum Gasteiger partial charge on any atom is 0.159 e. The molecule has 1 aromatic heterocycles. The monoisotopic (exact) mass is 663 g/mol. The molecule has 0 spiro atoms. The van der Waals surface area contributed by atoms with Gasteiger partial charge >= 0.3 is 0 Å². The number of hydrogen-bond donors (Lipinski definition) is 0. The first-order chi connectivity index (χ1) is 25.8. The maximum absolute atomic E-state index is 6.81. The van der Waals surface area contributed by atoms with Crippen molar-refractivity contribution in [2.75, 3.05) is 4.90 Å². The van der Waals surface area contributed by atoms with Gasteiger partial charge in [-0.2, -0.15) is 0 Å². The summed E-state index contributed by atoms with van der Waals surface area (Å²) in [5.41, 5.74) is 12.0. The molecule has 0 aliphatic carbocycles. The minimum atomic E-state index is 0.860. The maximum atomic E-state index is 6.81. The molecular weight excluding hydrogens is 631 g/mol. The normalized spacial score (nSPS) is 11.5. The van der Waals surface area contributed by atoms with E-state index < -0.39 is 0 Å². The number of hydrogen-bond acceptors (Lipinski definition) is 2. The molecule has 0 atom stereocenters. The van der Waals surface area contributed by atoms with Crippen LogP contribution in [-0.4, -0.2) is 0 Å². The molecule has 1 heterocycles. The Balaban J connectivity index is 1.12. The Hall–Kier alpha value is -6.90. The number of rotatable bonds is 6. The van der Waals surface area contributed by atoms with E-state index in [4.69, 9.17) is 4.42 Å². The Morgan fingerprint density at radius 3 is 1.44 bits per heavy atom. The summed E-state index contributed by atoms with van der Waals surface area (Å²) in [5.74, 6) is 0. The molecule has 9 aromatic carbocycles. The highest BCUT2D eigenvalue weighted by Crippen LogP contribution is 2.44. The van der Waals surface area contributed by atoms with Crippen molar-refractivity contribution in [3.8, 4) is 33.4 Å². The van der Waals surface area contributed by atoms with Crippen LogP contribution in [0.15, 0.2) is 205 Å². The average Bonchev–Trinajstić information content (AvgIpc) is 3.60. The summed E-state index contributed by atoms with van der Waals surface area (Å²) in [6, 6.07) is 71.6. The fourth-order valence-electron chi connectivity index (χ4n) is 7.73. The van der Waals surface area contributed by atoms with Gasteiger partial charge in [0, 0.05) is 22.1 Å². The summed E-state index contributed by atoms with van der Waals surface area (Å²) in [7, 11) is 0. The molecule has 0 saturated carbocycles. The quantitative estimate of drug-likeness (QED) is 0.176. The fourth-order valence-corrected chi connectivity index (χ4v) is 7.73. The lowest BCUT2D eigenvalue weighted by Gasteiger charge is -2.26. The van der Waals surface area contributed by atoms with Crippen molar-refractivity contribution < 1.29 is 4.42 Å². The van der Waals surface area contributed by atoms with E-state index in [1.54, 1.807) is 0 Å². The first-order valence-electron chi connectivity index (χ1n) is 17.8. The topological polar surface area (TPSA) is 16.4 Å². The molecule has 0 bridgehead atoms. The molecule has 0 aliphatic rings. The Morgan fingerprint density at radius 2 is 0.827 bits per heavy atom. The fraction of sp³-hybridized carbons (Fsp3) is 0. The number of fused-ring (bicyclic) bond motifs is 5. The second-order valence-electron chi connectivity index (χ2n) is 13.3. The average molecular weight is 664 g/mol. The third-order valence-corrected chi connectivity index (χ3v) is 10.3. The molecule has 0 fully saturated rings. The lowest BCUT2D eigenvalue weighted by atomic mass is 9.97. The van der Waals surface area contributed by atoms with Gasteiger partial charge in [0.25, 0.3) is 0 Å². The molecule has 0 unspecified atom stereocenters. The van der Waals surface area contributed by atoms with Crippen LogP contribution in [0.4, 0.5) is 17.1 Å². The van der Waals surface area contributed by atoms with Crippen molar-refractivity contribution >= 4 is 60.5 Å². The molecule has 0 aliphatic heterocycles. The van der Waals surface area contributed by atoms with E-state index in [1.807, 2.05) is 6.07 Å². The molecule has 2 nitrogen and oxygen atoms in total. The van der Waals surface area contributed by atoms with Crippen LogP contribution in [0.2, 0.25) is 0 Å². The van der Waals surface area contributed by atoms with Gasteiger partial charge in [-0.1, -0.05) is 158 Å². The van der Waals surface area contributed by atoms with Crippen LogP contribution in [0.1, 0.15) is 0 Å². The number of furan rings is 1. The molecule has 0 N–H and O–H groups in total. The predicted molar refractivity (Wildman–Crippen MR) is 220 cm³/mol. The predicted octanol–water partition coefficient (Wildman–Crippen LogP) is 14.4. The third kappa shape index (κ3) is 5.12. The second-order valence-corrected chi connectivity index (χ2v) is 13.3. The summed E-state index contributed by atoms with van der Waals surface area (Å²) in [4.78, 5) is 2.32. The summed E-state index contributed by atoms with van der Waals surface area (Å²) >= 11 is 0. The number of benzene rings is 9. The van der Waals surface area contributed by atoms with Crippen LogP contribution < -0.4 is 4.90 Å². The van der Waals surface area contributed by atoms with E-state index in [-0.39, 0.29) is 0 Å². The van der Waals surface area contributed by atoms with E-state index in [9.17, 15) is 0 Å². The third-order valence-electron chi connectivity index (χ3n) is 10.3. The van der Waals surface area contributed by atoms with Gasteiger partial charge in [0.15, 0.2) is 5.58 Å². The van der Waals surface area contributed by atoms with E-state index in [2.05, 4.69) is 199 Å². The minimum absolute atomic E-state index is 0.860. The van der Waals surface area contributed by atoms with Gasteiger partial charge < -0.3 is 9.32 Å². The number of anilines is 3. The largest absolute Gasteiger partial charge is 0.454 e. The zero-order valence-corrected chi connectivity index (χ0v) is 28.4. The highest BCUT2D eigenvalue weighted by Gasteiger charge is 2.20. The Bertz CT molecular complexity index is 2750. The van der Waals surface area contributed by atoms with Gasteiger partial charge in [-0.25, -0.2) is 0 Å². The zero-order valence-electron chi connectivity index (χ0n) is 28.4. The molecule has 0 saturated heterocycles. The van der Waals surface area contributed by atoms with Crippen molar-refractivity contribution in [2.24, 2.45) is 0 Å². The van der Waals surface area contributed by atoms with Crippen LogP contribution in [-0.2, 0) is 0 Å². The van der Waals surface area contributed by atoms with E-state index >= 15 is 0 Å². The van der Waals surface area contributed by atoms with Crippen LogP contribution in [0.25, 0.3) is 76.9 Å². The molecule has 0 amide bonds. The van der Waals surface area contributed by atoms with Crippen molar-refractivity contribution in [1.82, 2.24) is 0 Å². The lowest BCUT2D eigenvalue weighted by Crippen LogP contribution is -2.10. The Labute approximate surface area is 302 Å². The van der Waals surface area contributed by atoms with Crippen molar-refractivity contribution in [3.05, 3.63) is 200 Å². The molecule has 244 valence electrons. The van der Waals surface area contributed by atoms with Gasteiger partial charge in [0.05, 0.1) is 5.69 Å². The molecule has 10 aromatic rings. The van der Waals surface area contributed by atoms with Crippen LogP contribution in [0.3, 0.4) is 0 Å². The summed E-state index contributed by atoms with van der Waals surface area (Å²) < 4.78 is 6.81. The number of para-hydroxylation sites is 1. The molecule has 2 heteroatoms. The Kier molecular flexibility index (Phi) is 7.18. The highest BCUT2D eigenvalue weighted by molar-refractivity contribution is 6.11. The zero-order chi connectivity index (χ0) is 34.4. The van der Waals surface area contributed by atoms with Crippen LogP contribution in [0, 0.1) is 0 Å². The van der Waals surface area contributed by atoms with Gasteiger partial charge in [-0.05, 0) is 97.4 Å². The van der Waals surface area contributed by atoms with Crippen LogP contribution >= 0.6 is 0 Å². The highest BCUT2D eigenvalue weighted by atomic mass is 16.3. The summed E-state index contributed by atoms with van der Waals surface area (Å²) in [6.07, 6.45) is 0. The standard InChI is InChI=1S/C50H33NO/c1-2-11-34(12-3-1)39-27-32-46-47-21-10-22-48(50(47)52-49(46)33-39)51(40-28-23-37(24-29-40)44-19-8-15-35-13-4-6-17-42(35)44)41-30-25-38(26-31-41)45-20-9-16-36-14-5-7-18-43(36)45/h1-33H. The first kappa shape index (κ1) is 30.0. The summed E-state index contributed by atoms with van der Waals surface area (Å²) in [5, 5.41) is 7.18. The first-order valence-corrected chi connectivity index (χ1v) is 17.8. The minimum Gasteiger partial charge on any atom is -0.454 e. The van der Waals surface area contributed by atoms with Gasteiger partial charge in [-0.3, -0.25) is 0 Å². The molecular formula is C50H33NO. The van der Waals surface area contributed by atoms with Crippen molar-refractivity contribution in [2.45, 2.75) is 0 Å². The number of nitrogens with zero attached hydrogens (tertiary/aromatic N) is 1. The molecule has 10 rings (SSSR count). The molecule has 0 radical (unpaired) electrons. The van der Waals surface area contributed by atoms with Gasteiger partial charge in [-0.15, -0.1) is 0 Å². The second kappa shape index (κ2) is 12.5. The Morgan fingerprint density at radius 1 is 0.327 bits per heavy atom. The lowest BCUT2D eigenvalue weighted by molar-refractivity contribution is 0.669. The SMILES string of the molecule is c1ccc(-c2ccc3c(c2)oc2c(N(c4ccc(-c5cccc6ccccc56)cc4)c4ccc(-c5cccc6ccccc56)cc4)cccc23)cc1. The van der Waals surface area contributed by atoms with Gasteiger partial charge in [0.1, 0.15) is 5.58 Å². The molecule has 52 heavy (non-hydrogen) atoms. The van der Waals surface area contributed by atoms with E-state index in [1.165, 1.54) is 49.4 Å². The van der Waals surface area contributed by atoms with Crippen molar-refractivity contribution in [1.29, 1.82) is 0 Å². The van der Waals surface area contributed by atoms with Crippen molar-refractivity contribution in [3.63, 3.8) is 0 Å². The van der Waals surface area contributed by atoms with Gasteiger partial charge in [0.2, 0.25) is 0 Å². The van der Waals surface area contributed by atoms with Crippen LogP contribution in [0.5, 0.6) is 0 Å². The smallest absolute Gasteiger partial charge is 0.159 e. The van der Waals surface area contributed by atoms with E-state index in [0.717, 1.165) is 44.6 Å². The summed E-state index contributed by atoms with van der Waals surface area (Å²) in [6.45, 7) is 0. The van der Waals surface area contributed by atoms with E-state index in [0.29, 0.717) is 0 Å².